The Kier molecular flexibility index (Phi) is 9.66. The molecule has 1 aromatic rings. The fourth-order valence-corrected chi connectivity index (χ4v) is 4.08. The number of hydrogen-bond acceptors (Lipinski definition) is 3. The molecule has 0 radical (unpaired) electrons. The lowest BCUT2D eigenvalue weighted by molar-refractivity contribution is 0.136. The third kappa shape index (κ3) is 7.76. The summed E-state index contributed by atoms with van der Waals surface area (Å²) in [6.07, 6.45) is 2.30. The van der Waals surface area contributed by atoms with Crippen molar-refractivity contribution in [2.24, 2.45) is 4.99 Å². The highest BCUT2D eigenvalue weighted by atomic mass is 35.5. The molecular formula is C22H37ClFN5. The van der Waals surface area contributed by atoms with Gasteiger partial charge >= 0.3 is 0 Å². The van der Waals surface area contributed by atoms with Crippen LogP contribution in [-0.2, 0) is 5.41 Å². The summed E-state index contributed by atoms with van der Waals surface area (Å²) in [7, 11) is 1.78. The van der Waals surface area contributed by atoms with Crippen molar-refractivity contribution in [2.75, 3.05) is 59.4 Å². The van der Waals surface area contributed by atoms with E-state index in [2.05, 4.69) is 46.2 Å². The van der Waals surface area contributed by atoms with Gasteiger partial charge in [-0.2, -0.15) is 0 Å². The normalized spacial score (nSPS) is 16.8. The van der Waals surface area contributed by atoms with E-state index in [-0.39, 0.29) is 11.2 Å². The predicted octanol–water partition coefficient (Wildman–Crippen LogP) is 3.34. The molecule has 5 nitrogen and oxygen atoms in total. The molecule has 1 aliphatic rings. The number of hydrogen-bond donors (Lipinski definition) is 2. The molecule has 1 aliphatic heterocycles. The molecule has 1 heterocycles. The number of rotatable bonds is 9. The van der Waals surface area contributed by atoms with Crippen molar-refractivity contribution >= 4 is 17.6 Å². The Morgan fingerprint density at radius 3 is 2.45 bits per heavy atom. The number of unbranched alkanes of at least 4 members (excludes halogenated alkanes) is 1. The largest absolute Gasteiger partial charge is 0.356 e. The molecule has 0 amide bonds. The monoisotopic (exact) mass is 425 g/mol. The number of aliphatic imine (C=N–C) groups is 1. The smallest absolute Gasteiger partial charge is 0.191 e. The van der Waals surface area contributed by atoms with Gasteiger partial charge in [-0.15, -0.1) is 0 Å². The quantitative estimate of drug-likeness (QED) is 0.362. The lowest BCUT2D eigenvalue weighted by Gasteiger charge is -2.34. The SMILES string of the molecule is CCN1CCN(CCCCNC(=NC)NCC(C)(C)c2ccc(F)cc2Cl)CC1. The van der Waals surface area contributed by atoms with Crippen LogP contribution in [0.2, 0.25) is 5.02 Å². The lowest BCUT2D eigenvalue weighted by atomic mass is 9.84. The second-order valence-corrected chi connectivity index (χ2v) is 8.75. The molecule has 0 aromatic heterocycles. The number of guanidine groups is 1. The van der Waals surface area contributed by atoms with Gasteiger partial charge in [0.15, 0.2) is 5.96 Å². The van der Waals surface area contributed by atoms with Gasteiger partial charge in [0.1, 0.15) is 5.82 Å². The lowest BCUT2D eigenvalue weighted by Crippen LogP contribution is -2.46. The first kappa shape index (κ1) is 23.9. The molecule has 2 N–H and O–H groups in total. The summed E-state index contributed by atoms with van der Waals surface area (Å²) < 4.78 is 13.3. The molecule has 1 fully saturated rings. The van der Waals surface area contributed by atoms with Gasteiger partial charge in [-0.3, -0.25) is 4.99 Å². The molecule has 0 saturated carbocycles. The summed E-state index contributed by atoms with van der Waals surface area (Å²) >= 11 is 6.24. The van der Waals surface area contributed by atoms with Crippen LogP contribution in [-0.4, -0.2) is 75.2 Å². The number of nitrogens with zero attached hydrogens (tertiary/aromatic N) is 3. The molecule has 7 heteroatoms. The fourth-order valence-electron chi connectivity index (χ4n) is 3.66. The van der Waals surface area contributed by atoms with E-state index in [0.717, 1.165) is 31.0 Å². The third-order valence-electron chi connectivity index (χ3n) is 5.69. The van der Waals surface area contributed by atoms with Gasteiger partial charge < -0.3 is 20.4 Å². The molecule has 0 atom stereocenters. The average molecular weight is 426 g/mol. The van der Waals surface area contributed by atoms with Crippen LogP contribution < -0.4 is 10.6 Å². The highest BCUT2D eigenvalue weighted by molar-refractivity contribution is 6.31. The van der Waals surface area contributed by atoms with E-state index in [9.17, 15) is 4.39 Å². The maximum absolute atomic E-state index is 13.3. The number of piperazine rings is 1. The van der Waals surface area contributed by atoms with Gasteiger partial charge in [0.05, 0.1) is 0 Å². The zero-order chi connectivity index (χ0) is 21.3. The Bertz CT molecular complexity index is 657. The maximum atomic E-state index is 13.3. The molecule has 29 heavy (non-hydrogen) atoms. The molecule has 164 valence electrons. The highest BCUT2D eigenvalue weighted by Gasteiger charge is 2.24. The van der Waals surface area contributed by atoms with Crippen LogP contribution in [0.25, 0.3) is 0 Å². The van der Waals surface area contributed by atoms with Crippen molar-refractivity contribution in [3.63, 3.8) is 0 Å². The second kappa shape index (κ2) is 11.7. The highest BCUT2D eigenvalue weighted by Crippen LogP contribution is 2.29. The molecule has 2 rings (SSSR count). The third-order valence-corrected chi connectivity index (χ3v) is 6.00. The Labute approximate surface area is 180 Å². The van der Waals surface area contributed by atoms with E-state index >= 15 is 0 Å². The first-order valence-corrected chi connectivity index (χ1v) is 11.1. The summed E-state index contributed by atoms with van der Waals surface area (Å²) in [6, 6.07) is 4.59. The Hall–Kier alpha value is -1.37. The van der Waals surface area contributed by atoms with Crippen LogP contribution in [0, 0.1) is 5.82 Å². The zero-order valence-corrected chi connectivity index (χ0v) is 19.2. The number of likely N-dealkylation sites (N-methyl/N-ethyl adjacent to an activating group) is 1. The topological polar surface area (TPSA) is 42.9 Å². The van der Waals surface area contributed by atoms with Gasteiger partial charge in [-0.05, 0) is 43.6 Å². The van der Waals surface area contributed by atoms with Crippen molar-refractivity contribution in [1.29, 1.82) is 0 Å². The van der Waals surface area contributed by atoms with Crippen molar-refractivity contribution in [3.05, 3.63) is 34.6 Å². The molecule has 0 aliphatic carbocycles. The van der Waals surface area contributed by atoms with Crippen molar-refractivity contribution in [2.45, 2.75) is 39.0 Å². The van der Waals surface area contributed by atoms with E-state index < -0.39 is 0 Å². The van der Waals surface area contributed by atoms with Crippen LogP contribution >= 0.6 is 11.6 Å². The van der Waals surface area contributed by atoms with Crippen molar-refractivity contribution < 1.29 is 4.39 Å². The fraction of sp³-hybridized carbons (Fsp3) is 0.682. The Morgan fingerprint density at radius 1 is 1.14 bits per heavy atom. The van der Waals surface area contributed by atoms with Gasteiger partial charge in [0.25, 0.3) is 0 Å². The van der Waals surface area contributed by atoms with Crippen LogP contribution in [0.5, 0.6) is 0 Å². The van der Waals surface area contributed by atoms with Gasteiger partial charge in [-0.1, -0.05) is 38.4 Å². The molecule has 1 aromatic carbocycles. The predicted molar refractivity (Wildman–Crippen MR) is 122 cm³/mol. The summed E-state index contributed by atoms with van der Waals surface area (Å²) in [5.41, 5.74) is 0.676. The summed E-state index contributed by atoms with van der Waals surface area (Å²) in [5, 5.41) is 7.22. The van der Waals surface area contributed by atoms with E-state index in [0.29, 0.717) is 11.6 Å². The molecule has 0 unspecified atom stereocenters. The standard InChI is InChI=1S/C22H37ClFN5/c1-5-28-12-14-29(15-13-28)11-7-6-10-26-21(25-4)27-17-22(2,3)19-9-8-18(24)16-20(19)23/h8-9,16H,5-7,10-15,17H2,1-4H3,(H2,25,26,27). The van der Waals surface area contributed by atoms with Gasteiger partial charge in [0, 0.05) is 56.8 Å². The zero-order valence-electron chi connectivity index (χ0n) is 18.4. The number of benzene rings is 1. The van der Waals surface area contributed by atoms with E-state index in [1.54, 1.807) is 13.1 Å². The molecule has 1 saturated heterocycles. The molecule has 0 spiro atoms. The van der Waals surface area contributed by atoms with E-state index in [4.69, 9.17) is 11.6 Å². The van der Waals surface area contributed by atoms with Crippen LogP contribution in [0.1, 0.15) is 39.2 Å². The minimum absolute atomic E-state index is 0.247. The maximum Gasteiger partial charge on any atom is 0.191 e. The first-order chi connectivity index (χ1) is 13.9. The number of nitrogens with one attached hydrogen (secondary N) is 2. The minimum atomic E-state index is -0.313. The first-order valence-electron chi connectivity index (χ1n) is 10.7. The Morgan fingerprint density at radius 2 is 1.83 bits per heavy atom. The van der Waals surface area contributed by atoms with Crippen molar-refractivity contribution in [3.8, 4) is 0 Å². The molecular weight excluding hydrogens is 389 g/mol. The van der Waals surface area contributed by atoms with Crippen LogP contribution in [0.4, 0.5) is 4.39 Å². The summed E-state index contributed by atoms with van der Waals surface area (Å²) in [5.74, 6) is 0.472. The Balaban J connectivity index is 1.67. The van der Waals surface area contributed by atoms with Gasteiger partial charge in [-0.25, -0.2) is 4.39 Å². The van der Waals surface area contributed by atoms with E-state index in [1.165, 1.54) is 51.3 Å². The van der Waals surface area contributed by atoms with Crippen molar-refractivity contribution in [1.82, 2.24) is 20.4 Å². The minimum Gasteiger partial charge on any atom is -0.356 e. The number of halogens is 2. The van der Waals surface area contributed by atoms with E-state index in [1.807, 2.05) is 0 Å². The average Bonchev–Trinajstić information content (AvgIpc) is 2.70. The van der Waals surface area contributed by atoms with Crippen LogP contribution in [0.15, 0.2) is 23.2 Å². The molecule has 0 bridgehead atoms. The summed E-state index contributed by atoms with van der Waals surface area (Å²) in [6.45, 7) is 15.0. The second-order valence-electron chi connectivity index (χ2n) is 8.34. The van der Waals surface area contributed by atoms with Gasteiger partial charge in [0.2, 0.25) is 0 Å². The summed E-state index contributed by atoms with van der Waals surface area (Å²) in [4.78, 5) is 9.38. The van der Waals surface area contributed by atoms with Crippen LogP contribution in [0.3, 0.4) is 0 Å².